The van der Waals surface area contributed by atoms with Crippen molar-refractivity contribution in [3.05, 3.63) is 0 Å². The third-order valence-electron chi connectivity index (χ3n) is 2.41. The molecule has 14 heavy (non-hydrogen) atoms. The van der Waals surface area contributed by atoms with Gasteiger partial charge in [-0.15, -0.1) is 0 Å². The minimum Gasteiger partial charge on any atom is -0.481 e. The lowest BCUT2D eigenvalue weighted by molar-refractivity contribution is -0.138. The molecule has 0 rings (SSSR count). The molecule has 0 aliphatic rings. The molecular formula is C11H23NO2. The molecule has 2 atom stereocenters. The van der Waals surface area contributed by atoms with Crippen molar-refractivity contribution in [1.29, 1.82) is 0 Å². The van der Waals surface area contributed by atoms with Gasteiger partial charge in [0.25, 0.3) is 0 Å². The van der Waals surface area contributed by atoms with Gasteiger partial charge in [-0.1, -0.05) is 20.8 Å². The van der Waals surface area contributed by atoms with Crippen LogP contribution in [-0.4, -0.2) is 17.6 Å². The van der Waals surface area contributed by atoms with Crippen LogP contribution in [0.3, 0.4) is 0 Å². The highest BCUT2D eigenvalue weighted by Crippen LogP contribution is 2.20. The molecule has 0 unspecified atom stereocenters. The van der Waals surface area contributed by atoms with E-state index in [1.807, 2.05) is 0 Å². The predicted octanol–water partition coefficient (Wildman–Crippen LogP) is 2.11. The zero-order valence-electron chi connectivity index (χ0n) is 9.49. The molecule has 0 aliphatic carbocycles. The number of hydrogen-bond donors (Lipinski definition) is 2. The molecule has 0 aliphatic heterocycles. The predicted molar refractivity (Wildman–Crippen MR) is 58.0 cm³/mol. The summed E-state index contributed by atoms with van der Waals surface area (Å²) in [5.41, 5.74) is 5.54. The van der Waals surface area contributed by atoms with Gasteiger partial charge in [0, 0.05) is 6.42 Å². The van der Waals surface area contributed by atoms with Crippen LogP contribution in [-0.2, 0) is 4.79 Å². The molecule has 0 spiro atoms. The molecule has 0 bridgehead atoms. The first-order chi connectivity index (χ1) is 6.45. The summed E-state index contributed by atoms with van der Waals surface area (Å²) in [6, 6.07) is 0. The van der Waals surface area contributed by atoms with E-state index in [-0.39, 0.29) is 12.3 Å². The average Bonchev–Trinajstić information content (AvgIpc) is 2.00. The summed E-state index contributed by atoms with van der Waals surface area (Å²) in [5, 5.41) is 8.65. The number of carbonyl (C=O) groups is 1. The summed E-state index contributed by atoms with van der Waals surface area (Å²) < 4.78 is 0. The van der Waals surface area contributed by atoms with Crippen LogP contribution in [0.25, 0.3) is 0 Å². The zero-order chi connectivity index (χ0) is 11.1. The fourth-order valence-corrected chi connectivity index (χ4v) is 1.98. The van der Waals surface area contributed by atoms with Crippen molar-refractivity contribution in [2.24, 2.45) is 23.5 Å². The van der Waals surface area contributed by atoms with Gasteiger partial charge in [0.1, 0.15) is 0 Å². The van der Waals surface area contributed by atoms with E-state index in [1.165, 1.54) is 0 Å². The molecule has 0 aromatic heterocycles. The van der Waals surface area contributed by atoms with Crippen LogP contribution in [0.4, 0.5) is 0 Å². The summed E-state index contributed by atoms with van der Waals surface area (Å²) in [4.78, 5) is 10.5. The highest BCUT2D eigenvalue weighted by Gasteiger charge is 2.15. The van der Waals surface area contributed by atoms with Crippen molar-refractivity contribution in [2.45, 2.75) is 40.0 Å². The lowest BCUT2D eigenvalue weighted by atomic mass is 9.88. The molecule has 0 fully saturated rings. The Morgan fingerprint density at radius 3 is 2.21 bits per heavy atom. The second-order valence-electron chi connectivity index (χ2n) is 4.67. The number of aliphatic carboxylic acids is 1. The normalized spacial score (nSPS) is 15.5. The molecule has 0 aromatic rings. The summed E-state index contributed by atoms with van der Waals surface area (Å²) in [6.45, 7) is 7.02. The molecular weight excluding hydrogens is 178 g/mol. The zero-order valence-corrected chi connectivity index (χ0v) is 9.49. The fraction of sp³-hybridized carbons (Fsp3) is 0.909. The highest BCUT2D eigenvalue weighted by molar-refractivity contribution is 5.67. The summed E-state index contributed by atoms with van der Waals surface area (Å²) >= 11 is 0. The molecule has 0 heterocycles. The van der Waals surface area contributed by atoms with Crippen LogP contribution in [0, 0.1) is 17.8 Å². The Hall–Kier alpha value is -0.570. The summed E-state index contributed by atoms with van der Waals surface area (Å²) in [6.07, 6.45) is 2.29. The van der Waals surface area contributed by atoms with E-state index in [0.717, 1.165) is 12.8 Å². The van der Waals surface area contributed by atoms with Gasteiger partial charge in [0.2, 0.25) is 0 Å². The second kappa shape index (κ2) is 6.82. The number of hydrogen-bond acceptors (Lipinski definition) is 2. The van der Waals surface area contributed by atoms with Crippen LogP contribution < -0.4 is 5.73 Å². The van der Waals surface area contributed by atoms with Gasteiger partial charge in [0.15, 0.2) is 0 Å². The number of nitrogens with two attached hydrogens (primary N) is 1. The van der Waals surface area contributed by atoms with Crippen molar-refractivity contribution in [2.75, 3.05) is 6.54 Å². The van der Waals surface area contributed by atoms with Crippen molar-refractivity contribution in [1.82, 2.24) is 0 Å². The van der Waals surface area contributed by atoms with Crippen molar-refractivity contribution >= 4 is 5.97 Å². The Kier molecular flexibility index (Phi) is 6.54. The molecule has 3 heteroatoms. The monoisotopic (exact) mass is 201 g/mol. The van der Waals surface area contributed by atoms with Crippen molar-refractivity contribution < 1.29 is 9.90 Å². The minimum absolute atomic E-state index is 0.140. The van der Waals surface area contributed by atoms with E-state index in [9.17, 15) is 4.79 Å². The van der Waals surface area contributed by atoms with Gasteiger partial charge < -0.3 is 10.8 Å². The van der Waals surface area contributed by atoms with E-state index in [1.54, 1.807) is 0 Å². The van der Waals surface area contributed by atoms with E-state index < -0.39 is 5.97 Å². The van der Waals surface area contributed by atoms with E-state index in [2.05, 4.69) is 20.8 Å². The van der Waals surface area contributed by atoms with Crippen LogP contribution >= 0.6 is 0 Å². The van der Waals surface area contributed by atoms with Crippen LogP contribution in [0.15, 0.2) is 0 Å². The van der Waals surface area contributed by atoms with E-state index in [0.29, 0.717) is 18.4 Å². The highest BCUT2D eigenvalue weighted by atomic mass is 16.4. The average molecular weight is 201 g/mol. The third kappa shape index (κ3) is 6.89. The molecule has 84 valence electrons. The molecule has 0 aromatic carbocycles. The molecule has 0 saturated carbocycles. The maximum absolute atomic E-state index is 10.5. The minimum atomic E-state index is -0.739. The van der Waals surface area contributed by atoms with Crippen LogP contribution in [0.1, 0.15) is 40.0 Å². The molecule has 3 N–H and O–H groups in total. The Morgan fingerprint density at radius 1 is 1.29 bits per heavy atom. The van der Waals surface area contributed by atoms with Gasteiger partial charge in [-0.05, 0) is 37.1 Å². The first kappa shape index (κ1) is 13.4. The standard InChI is InChI=1S/C11H23NO2/c1-8(2)4-9(3)5-10(7-12)6-11(13)14/h8-10H,4-7,12H2,1-3H3,(H,13,14)/t9-,10+/m1/s1. The molecule has 0 saturated heterocycles. The second-order valence-corrected chi connectivity index (χ2v) is 4.67. The Balaban J connectivity index is 3.85. The third-order valence-corrected chi connectivity index (χ3v) is 2.41. The number of rotatable bonds is 7. The summed E-state index contributed by atoms with van der Waals surface area (Å²) in [5.74, 6) is 0.648. The topological polar surface area (TPSA) is 63.3 Å². The Morgan fingerprint density at radius 2 is 1.86 bits per heavy atom. The number of carboxylic acid groups (broad SMARTS) is 1. The van der Waals surface area contributed by atoms with Crippen LogP contribution in [0.2, 0.25) is 0 Å². The van der Waals surface area contributed by atoms with Crippen molar-refractivity contribution in [3.8, 4) is 0 Å². The van der Waals surface area contributed by atoms with Crippen LogP contribution in [0.5, 0.6) is 0 Å². The summed E-state index contributed by atoms with van der Waals surface area (Å²) in [7, 11) is 0. The molecule has 3 nitrogen and oxygen atoms in total. The Bertz CT molecular complexity index is 169. The van der Waals surface area contributed by atoms with E-state index in [4.69, 9.17) is 10.8 Å². The largest absolute Gasteiger partial charge is 0.481 e. The first-order valence-electron chi connectivity index (χ1n) is 5.37. The maximum atomic E-state index is 10.5. The first-order valence-corrected chi connectivity index (χ1v) is 5.37. The van der Waals surface area contributed by atoms with Gasteiger partial charge in [-0.25, -0.2) is 0 Å². The SMILES string of the molecule is CC(C)C[C@@H](C)C[C@H](CN)CC(=O)O. The lowest BCUT2D eigenvalue weighted by Crippen LogP contribution is -2.20. The van der Waals surface area contributed by atoms with Gasteiger partial charge >= 0.3 is 5.97 Å². The maximum Gasteiger partial charge on any atom is 0.303 e. The quantitative estimate of drug-likeness (QED) is 0.663. The van der Waals surface area contributed by atoms with Gasteiger partial charge in [-0.2, -0.15) is 0 Å². The van der Waals surface area contributed by atoms with Crippen molar-refractivity contribution in [3.63, 3.8) is 0 Å². The Labute approximate surface area is 86.7 Å². The smallest absolute Gasteiger partial charge is 0.303 e. The van der Waals surface area contributed by atoms with E-state index >= 15 is 0 Å². The van der Waals surface area contributed by atoms with Gasteiger partial charge in [-0.3, -0.25) is 4.79 Å². The fourth-order valence-electron chi connectivity index (χ4n) is 1.98. The molecule has 0 radical (unpaired) electrons. The lowest BCUT2D eigenvalue weighted by Gasteiger charge is -2.19. The van der Waals surface area contributed by atoms with Gasteiger partial charge in [0.05, 0.1) is 0 Å². The molecule has 0 amide bonds. The number of carboxylic acids is 1.